The quantitative estimate of drug-likeness (QED) is 0.0833. The number of hydrogen-bond acceptors (Lipinski definition) is 23. The minimum absolute atomic E-state index is 0.0219. The predicted octanol–water partition coefficient (Wildman–Crippen LogP) is 3.17. The minimum atomic E-state index is -2.31. The molecule has 22 atom stereocenters. The summed E-state index contributed by atoms with van der Waals surface area (Å²) in [7, 11) is 2.91. The number of hydrogen-bond donors (Lipinski definition) is 12. The number of ether oxygens (including phenoxy) is 11. The van der Waals surface area contributed by atoms with E-state index in [9.17, 15) is 61.3 Å². The van der Waals surface area contributed by atoms with E-state index in [1.165, 1.54) is 111 Å². The molecule has 5 saturated heterocycles. The molecule has 5 aliphatic heterocycles. The summed E-state index contributed by atoms with van der Waals surface area (Å²) in [5.74, 6) is 0. The third-order valence-electron chi connectivity index (χ3n) is 27.3. The van der Waals surface area contributed by atoms with Crippen molar-refractivity contribution in [1.29, 1.82) is 0 Å². The normalized spacial score (nSPS) is 56.2. The fourth-order valence-electron chi connectivity index (χ4n) is 16.1. The highest BCUT2D eigenvalue weighted by atomic mass is 16.6. The lowest BCUT2D eigenvalue weighted by Crippen LogP contribution is -2.84. The molecule has 23 heteroatoms. The van der Waals surface area contributed by atoms with Gasteiger partial charge in [-0.25, -0.2) is 0 Å². The van der Waals surface area contributed by atoms with Gasteiger partial charge in [0.1, 0.15) is 106 Å². The lowest BCUT2D eigenvalue weighted by Gasteiger charge is -2.69. The number of aliphatic hydroxyl groups is 12. The van der Waals surface area contributed by atoms with Crippen LogP contribution in [0.1, 0.15) is 194 Å². The van der Waals surface area contributed by atoms with E-state index in [0.717, 1.165) is 0 Å². The Morgan fingerprint density at radius 3 is 0.670 bits per heavy atom. The summed E-state index contributed by atoms with van der Waals surface area (Å²) < 4.78 is 71.7. The monoisotopic (exact) mass is 1270 g/mol. The van der Waals surface area contributed by atoms with Gasteiger partial charge in [0.25, 0.3) is 0 Å². The van der Waals surface area contributed by atoms with E-state index in [-0.39, 0.29) is 26.4 Å². The summed E-state index contributed by atoms with van der Waals surface area (Å²) in [4.78, 5) is 0. The topological polar surface area (TPSA) is 344 Å². The van der Waals surface area contributed by atoms with E-state index in [0.29, 0.717) is 0 Å². The van der Waals surface area contributed by atoms with E-state index in [1.807, 2.05) is 0 Å². The van der Waals surface area contributed by atoms with Crippen molar-refractivity contribution in [3.63, 3.8) is 0 Å². The van der Waals surface area contributed by atoms with Crippen molar-refractivity contribution < 1.29 is 113 Å². The van der Waals surface area contributed by atoms with Gasteiger partial charge in [-0.3, -0.25) is 0 Å². The highest BCUT2D eigenvalue weighted by Gasteiger charge is 2.80. The second kappa shape index (κ2) is 21.5. The van der Waals surface area contributed by atoms with Crippen molar-refractivity contribution in [2.45, 2.75) is 317 Å². The Balaban J connectivity index is 1.60. The summed E-state index contributed by atoms with van der Waals surface area (Å²) in [6, 6.07) is 0. The minimum Gasteiger partial charge on any atom is -0.386 e. The smallest absolute Gasteiger partial charge is 0.124 e. The first-order chi connectivity index (χ1) is 38.5. The van der Waals surface area contributed by atoms with Crippen LogP contribution in [0.15, 0.2) is 0 Å². The average molecular weight is 1270 g/mol. The Morgan fingerprint density at radius 1 is 0.193 bits per heavy atom. The zero-order chi connectivity index (χ0) is 69.3. The van der Waals surface area contributed by atoms with Gasteiger partial charge in [-0.1, -0.05) is 20.8 Å². The lowest BCUT2D eigenvalue weighted by molar-refractivity contribution is -0.420. The van der Waals surface area contributed by atoms with Gasteiger partial charge in [0.05, 0.1) is 99.1 Å². The highest BCUT2D eigenvalue weighted by molar-refractivity contribution is 5.28. The number of methoxy groups -OCH3 is 2. The molecule has 0 aromatic heterocycles. The van der Waals surface area contributed by atoms with E-state index in [1.54, 1.807) is 96.9 Å². The maximum Gasteiger partial charge on any atom is 0.124 e. The molecule has 7 unspecified atom stereocenters. The molecule has 12 N–H and O–H groups in total. The van der Waals surface area contributed by atoms with Crippen molar-refractivity contribution in [1.82, 2.24) is 0 Å². The van der Waals surface area contributed by atoms with Crippen LogP contribution in [0.3, 0.4) is 0 Å². The van der Waals surface area contributed by atoms with Gasteiger partial charge in [0.2, 0.25) is 0 Å². The summed E-state index contributed by atoms with van der Waals surface area (Å²) in [5, 5.41) is 149. The van der Waals surface area contributed by atoms with Gasteiger partial charge in [-0.2, -0.15) is 0 Å². The average Bonchev–Trinajstić information content (AvgIpc) is 0.724. The van der Waals surface area contributed by atoms with Crippen molar-refractivity contribution >= 4 is 0 Å². The third kappa shape index (κ3) is 9.69. The summed E-state index contributed by atoms with van der Waals surface area (Å²) in [5.41, 5.74) is -46.0. The van der Waals surface area contributed by atoms with E-state index >= 15 is 0 Å². The molecule has 5 rings (SSSR count). The second-order valence-electron chi connectivity index (χ2n) is 33.4. The molecule has 23 nitrogen and oxygen atoms in total. The largest absolute Gasteiger partial charge is 0.386 e. The zero-order valence-corrected chi connectivity index (χ0v) is 59.4. The van der Waals surface area contributed by atoms with Gasteiger partial charge in [-0.05, 0) is 173 Å². The first kappa shape index (κ1) is 77.8. The molecule has 5 aliphatic rings. The van der Waals surface area contributed by atoms with Crippen LogP contribution in [-0.2, 0) is 52.1 Å². The molecule has 5 heterocycles. The van der Waals surface area contributed by atoms with Crippen molar-refractivity contribution in [2.24, 2.45) is 16.2 Å². The van der Waals surface area contributed by atoms with Gasteiger partial charge < -0.3 is 113 Å². The molecule has 0 radical (unpaired) electrons. The van der Waals surface area contributed by atoms with Gasteiger partial charge in [0, 0.05) is 14.2 Å². The summed E-state index contributed by atoms with van der Waals surface area (Å²) in [6.07, 6.45) is 0. The SMILES string of the molecule is COC[C@]1(C)OC(C)(COC[C@@]2(C)OC(C)(C)[C@](C)(O)[C@@](C)(O)C2(C)O)[C@@](C)(COC[C@@]2(C)OC(C)(COC[C@]3(C)OC(C)(C)[C@@](C)(O)C(C)(O)[C@@]3(C)O)[C@](C)(COC[C@]3(C)OC(C)(C)[C@@](C)(COC)[C@@](C)(O)C3(C)O)C(C)(O)[C@]2(C)O)[C@@](C)(O)C1(C)O. The van der Waals surface area contributed by atoms with Crippen molar-refractivity contribution in [3.8, 4) is 0 Å². The van der Waals surface area contributed by atoms with Crippen LogP contribution in [0.5, 0.6) is 0 Å². The lowest BCUT2D eigenvalue weighted by atomic mass is 9.52. The summed E-state index contributed by atoms with van der Waals surface area (Å²) >= 11 is 0. The Morgan fingerprint density at radius 2 is 0.398 bits per heavy atom. The molecule has 520 valence electrons. The molecule has 0 aromatic rings. The van der Waals surface area contributed by atoms with Crippen LogP contribution in [0, 0.1) is 16.2 Å². The van der Waals surface area contributed by atoms with Crippen LogP contribution in [0.2, 0.25) is 0 Å². The van der Waals surface area contributed by atoms with Crippen LogP contribution in [-0.4, -0.2) is 265 Å². The van der Waals surface area contributed by atoms with Gasteiger partial charge >= 0.3 is 0 Å². The third-order valence-corrected chi connectivity index (χ3v) is 27.3. The maximum absolute atomic E-state index is 13.5. The molecule has 0 aromatic carbocycles. The fourth-order valence-corrected chi connectivity index (χ4v) is 16.1. The molecule has 0 aliphatic carbocycles. The molecule has 0 bridgehead atoms. The standard InChI is InChI=1S/C65H122O23/c1-41(2)44(7,31-78-29)56(19,68)60(23,72)50(13,84-41)37-80-32-46(9)48(11,36-83-39-52(15)63(26,75)65(28,77)55(18,67)43(5,6)86-52)88-53(16,61(24,73)58(46,21)70)40-81-33-45(8)47(10,87-49(12,34-79-30)59(22,71)57(45,20)69)35-82-38-51(14)62(25,74)64(27,76)54(17,66)42(3,4)85-51/h66-77H,31-40H2,1-30H3/t44-,45-,46+,47?,48?,49+,50+,51-,52+,53-,54+,55-,56-,57-,58?,59?,60?,61-,62?,63+,64-,65?/m1/s1. The molecule has 0 spiro atoms. The number of rotatable bonds is 20. The predicted molar refractivity (Wildman–Crippen MR) is 325 cm³/mol. The van der Waals surface area contributed by atoms with Crippen LogP contribution < -0.4 is 0 Å². The van der Waals surface area contributed by atoms with Crippen molar-refractivity contribution in [2.75, 3.05) is 80.3 Å². The van der Waals surface area contributed by atoms with E-state index in [2.05, 4.69) is 0 Å². The van der Waals surface area contributed by atoms with E-state index < -0.39 is 179 Å². The van der Waals surface area contributed by atoms with Crippen LogP contribution in [0.4, 0.5) is 0 Å². The Hall–Kier alpha value is -0.920. The van der Waals surface area contributed by atoms with Crippen LogP contribution >= 0.6 is 0 Å². The van der Waals surface area contributed by atoms with E-state index in [4.69, 9.17) is 52.1 Å². The zero-order valence-electron chi connectivity index (χ0n) is 59.4. The molecule has 5 fully saturated rings. The molecular weight excluding hydrogens is 1150 g/mol. The Kier molecular flexibility index (Phi) is 19.0. The molecule has 0 saturated carbocycles. The second-order valence-corrected chi connectivity index (χ2v) is 33.4. The highest BCUT2D eigenvalue weighted by Crippen LogP contribution is 2.64. The van der Waals surface area contributed by atoms with Crippen molar-refractivity contribution in [3.05, 3.63) is 0 Å². The molecule has 0 amide bonds. The first-order valence-electron chi connectivity index (χ1n) is 31.0. The van der Waals surface area contributed by atoms with Crippen LogP contribution in [0.25, 0.3) is 0 Å². The van der Waals surface area contributed by atoms with Gasteiger partial charge in [0.15, 0.2) is 0 Å². The molecule has 88 heavy (non-hydrogen) atoms. The fraction of sp³-hybridized carbons (Fsp3) is 1.00. The Bertz CT molecular complexity index is 2550. The Labute approximate surface area is 525 Å². The maximum atomic E-state index is 13.5. The summed E-state index contributed by atoms with van der Waals surface area (Å²) in [6.45, 7) is 39.2. The molecular formula is C65H122O23. The first-order valence-corrected chi connectivity index (χ1v) is 31.0. The van der Waals surface area contributed by atoms with Gasteiger partial charge in [-0.15, -0.1) is 0 Å².